The third kappa shape index (κ3) is 7.59. The maximum atomic E-state index is 14.0. The topological polar surface area (TPSA) is 89.3 Å². The standard InChI is InChI=1S/C34H31F4N5O3.CH4/c1-4-46-25-15-13-24(14-16-25)43-32(41-29-10-6-5-9-26(29)33(43)45)21(2)42(20-23-8-7-11-30(39-3)40-23)31(44)19-22-12-17-28(35)27(18-22)34(36,37)38;/h5-18,21H,4,19-20H2,1-3H3,(H,39,40);1H4/t21-;/m1./s1. The quantitative estimate of drug-likeness (QED) is 0.159. The zero-order chi connectivity index (χ0) is 33.0. The second-order valence-electron chi connectivity index (χ2n) is 10.5. The van der Waals surface area contributed by atoms with Crippen LogP contribution in [0, 0.1) is 5.82 Å². The van der Waals surface area contributed by atoms with Gasteiger partial charge in [0.25, 0.3) is 5.56 Å². The molecule has 2 aromatic heterocycles. The first-order valence-electron chi connectivity index (χ1n) is 14.5. The van der Waals surface area contributed by atoms with E-state index < -0.39 is 35.9 Å². The number of fused-ring (bicyclic) bond motifs is 1. The van der Waals surface area contributed by atoms with Crippen molar-refractivity contribution >= 4 is 22.6 Å². The number of benzene rings is 3. The second kappa shape index (κ2) is 14.4. The van der Waals surface area contributed by atoms with Crippen molar-refractivity contribution in [2.24, 2.45) is 0 Å². The zero-order valence-corrected chi connectivity index (χ0v) is 25.3. The van der Waals surface area contributed by atoms with Gasteiger partial charge in [-0.3, -0.25) is 14.2 Å². The molecule has 3 aromatic carbocycles. The van der Waals surface area contributed by atoms with Crippen LogP contribution >= 0.6 is 0 Å². The Balaban J connectivity index is 0.00000500. The summed E-state index contributed by atoms with van der Waals surface area (Å²) >= 11 is 0. The molecule has 0 spiro atoms. The highest BCUT2D eigenvalue weighted by Crippen LogP contribution is 2.33. The van der Waals surface area contributed by atoms with E-state index in [4.69, 9.17) is 9.72 Å². The zero-order valence-electron chi connectivity index (χ0n) is 25.3. The van der Waals surface area contributed by atoms with E-state index in [1.54, 1.807) is 80.7 Å². The van der Waals surface area contributed by atoms with E-state index in [1.165, 1.54) is 9.47 Å². The predicted octanol–water partition coefficient (Wildman–Crippen LogP) is 7.35. The Kier molecular flexibility index (Phi) is 10.6. The van der Waals surface area contributed by atoms with Crippen molar-refractivity contribution in [3.8, 4) is 11.4 Å². The third-order valence-electron chi connectivity index (χ3n) is 7.46. The van der Waals surface area contributed by atoms with Crippen molar-refractivity contribution in [1.82, 2.24) is 19.4 Å². The fourth-order valence-corrected chi connectivity index (χ4v) is 5.18. The first kappa shape index (κ1) is 34.6. The Hall–Kier alpha value is -5.26. The Labute approximate surface area is 269 Å². The molecule has 246 valence electrons. The lowest BCUT2D eigenvalue weighted by Gasteiger charge is -2.31. The number of para-hydroxylation sites is 1. The molecule has 8 nitrogen and oxygen atoms in total. The summed E-state index contributed by atoms with van der Waals surface area (Å²) in [7, 11) is 1.69. The molecule has 0 saturated heterocycles. The van der Waals surface area contributed by atoms with Crippen LogP contribution in [-0.2, 0) is 23.9 Å². The Bertz CT molecular complexity index is 1930. The molecule has 2 heterocycles. The summed E-state index contributed by atoms with van der Waals surface area (Å²) in [5, 5.41) is 3.30. The molecule has 0 aliphatic carbocycles. The summed E-state index contributed by atoms with van der Waals surface area (Å²) in [6.07, 6.45) is -5.41. The van der Waals surface area contributed by atoms with E-state index >= 15 is 0 Å². The van der Waals surface area contributed by atoms with Crippen LogP contribution in [0.3, 0.4) is 0 Å². The molecule has 0 saturated carbocycles. The number of amides is 1. The molecule has 0 aliphatic heterocycles. The molecule has 1 N–H and O–H groups in total. The van der Waals surface area contributed by atoms with Crippen LogP contribution in [0.15, 0.2) is 89.7 Å². The summed E-state index contributed by atoms with van der Waals surface area (Å²) in [6, 6.07) is 20.5. The smallest absolute Gasteiger partial charge is 0.419 e. The van der Waals surface area contributed by atoms with Gasteiger partial charge in [-0.15, -0.1) is 0 Å². The first-order chi connectivity index (χ1) is 22.0. The number of aromatic nitrogens is 3. The van der Waals surface area contributed by atoms with Crippen LogP contribution in [0.1, 0.15) is 50.0 Å². The molecule has 0 unspecified atom stereocenters. The number of hydrogen-bond acceptors (Lipinski definition) is 6. The van der Waals surface area contributed by atoms with Gasteiger partial charge in [-0.1, -0.05) is 31.7 Å². The summed E-state index contributed by atoms with van der Waals surface area (Å²) < 4.78 is 61.4. The maximum Gasteiger partial charge on any atom is 0.419 e. The minimum Gasteiger partial charge on any atom is -0.494 e. The third-order valence-corrected chi connectivity index (χ3v) is 7.46. The van der Waals surface area contributed by atoms with Crippen molar-refractivity contribution < 1.29 is 27.1 Å². The van der Waals surface area contributed by atoms with Gasteiger partial charge in [0.15, 0.2) is 0 Å². The number of nitrogens with one attached hydrogen (secondary N) is 1. The van der Waals surface area contributed by atoms with Gasteiger partial charge in [-0.25, -0.2) is 14.4 Å². The van der Waals surface area contributed by atoms with E-state index in [-0.39, 0.29) is 30.9 Å². The van der Waals surface area contributed by atoms with Crippen LogP contribution in [0.4, 0.5) is 23.4 Å². The molecule has 5 aromatic rings. The van der Waals surface area contributed by atoms with Gasteiger partial charge in [0.2, 0.25) is 5.91 Å². The van der Waals surface area contributed by atoms with Crippen molar-refractivity contribution in [2.75, 3.05) is 19.0 Å². The highest BCUT2D eigenvalue weighted by molar-refractivity contribution is 5.80. The van der Waals surface area contributed by atoms with E-state index in [9.17, 15) is 27.2 Å². The minimum atomic E-state index is -4.93. The fraction of sp³-hybridized carbons (Fsp3) is 0.257. The number of hydrogen-bond donors (Lipinski definition) is 1. The van der Waals surface area contributed by atoms with Crippen molar-refractivity contribution in [2.45, 2.75) is 46.5 Å². The van der Waals surface area contributed by atoms with Crippen LogP contribution in [-0.4, -0.2) is 39.0 Å². The average molecular weight is 650 g/mol. The number of carbonyl (C=O) groups is 1. The number of ether oxygens (including phenoxy) is 1. The van der Waals surface area contributed by atoms with E-state index in [0.29, 0.717) is 52.6 Å². The van der Waals surface area contributed by atoms with Crippen molar-refractivity contribution in [3.63, 3.8) is 0 Å². The second-order valence-corrected chi connectivity index (χ2v) is 10.5. The van der Waals surface area contributed by atoms with Gasteiger partial charge in [-0.2, -0.15) is 13.2 Å². The molecule has 12 heteroatoms. The molecule has 1 amide bonds. The minimum absolute atomic E-state index is 0. The summed E-state index contributed by atoms with van der Waals surface area (Å²) in [6.45, 7) is 3.94. The Morgan fingerprint density at radius 3 is 2.40 bits per heavy atom. The average Bonchev–Trinajstić information content (AvgIpc) is 3.04. The molecule has 0 fully saturated rings. The van der Waals surface area contributed by atoms with Crippen LogP contribution in [0.5, 0.6) is 5.75 Å². The van der Waals surface area contributed by atoms with Crippen LogP contribution in [0.25, 0.3) is 16.6 Å². The van der Waals surface area contributed by atoms with Gasteiger partial charge in [0, 0.05) is 7.05 Å². The molecular weight excluding hydrogens is 614 g/mol. The SMILES string of the molecule is C.CCOc1ccc(-n2c([C@@H](C)N(Cc3cccc(NC)n3)C(=O)Cc3ccc(F)c(C(F)(F)F)c3)nc3ccccc3c2=O)cc1. The lowest BCUT2D eigenvalue weighted by Crippen LogP contribution is -2.38. The van der Waals surface area contributed by atoms with Crippen LogP contribution < -0.4 is 15.6 Å². The van der Waals surface area contributed by atoms with Gasteiger partial charge in [0.05, 0.1) is 53.5 Å². The Morgan fingerprint density at radius 1 is 1.00 bits per heavy atom. The number of pyridine rings is 1. The number of anilines is 1. The number of nitrogens with zero attached hydrogens (tertiary/aromatic N) is 4. The van der Waals surface area contributed by atoms with Crippen LogP contribution in [0.2, 0.25) is 0 Å². The molecule has 1 atom stereocenters. The van der Waals surface area contributed by atoms with Gasteiger partial charge >= 0.3 is 6.18 Å². The number of halogens is 4. The molecule has 47 heavy (non-hydrogen) atoms. The lowest BCUT2D eigenvalue weighted by atomic mass is 10.1. The van der Waals surface area contributed by atoms with Gasteiger partial charge < -0.3 is 15.0 Å². The van der Waals surface area contributed by atoms with Gasteiger partial charge in [-0.05, 0) is 80.1 Å². The molecule has 0 bridgehead atoms. The number of alkyl halides is 3. The largest absolute Gasteiger partial charge is 0.494 e. The molecule has 0 aliphatic rings. The maximum absolute atomic E-state index is 14.0. The summed E-state index contributed by atoms with van der Waals surface area (Å²) in [4.78, 5) is 38.7. The highest BCUT2D eigenvalue weighted by atomic mass is 19.4. The van der Waals surface area contributed by atoms with Gasteiger partial charge in [0.1, 0.15) is 23.2 Å². The number of rotatable bonds is 10. The normalized spacial score (nSPS) is 11.9. The summed E-state index contributed by atoms with van der Waals surface area (Å²) in [5.74, 6) is -0.638. The fourth-order valence-electron chi connectivity index (χ4n) is 5.18. The highest BCUT2D eigenvalue weighted by Gasteiger charge is 2.35. The van der Waals surface area contributed by atoms with Crippen molar-refractivity contribution in [3.05, 3.63) is 124 Å². The molecular formula is C35H35F4N5O3. The van der Waals surface area contributed by atoms with E-state index in [0.717, 1.165) is 6.07 Å². The summed E-state index contributed by atoms with van der Waals surface area (Å²) in [5.41, 5.74) is -0.479. The predicted molar refractivity (Wildman–Crippen MR) is 173 cm³/mol. The van der Waals surface area contributed by atoms with E-state index in [1.807, 2.05) is 6.92 Å². The first-order valence-corrected chi connectivity index (χ1v) is 14.5. The lowest BCUT2D eigenvalue weighted by molar-refractivity contribution is -0.140. The van der Waals surface area contributed by atoms with Crippen molar-refractivity contribution in [1.29, 1.82) is 0 Å². The monoisotopic (exact) mass is 649 g/mol. The Morgan fingerprint density at radius 2 is 1.72 bits per heavy atom. The number of carbonyl (C=O) groups excluding carboxylic acids is 1. The van der Waals surface area contributed by atoms with E-state index in [2.05, 4.69) is 10.3 Å². The molecule has 5 rings (SSSR count). The molecule has 0 radical (unpaired) electrons.